The van der Waals surface area contributed by atoms with Crippen LogP contribution in [0, 0.1) is 6.92 Å². The van der Waals surface area contributed by atoms with Gasteiger partial charge in [0.15, 0.2) is 0 Å². The van der Waals surface area contributed by atoms with Crippen LogP contribution in [-0.4, -0.2) is 43.3 Å². The summed E-state index contributed by atoms with van der Waals surface area (Å²) in [6, 6.07) is 19.0. The maximum absolute atomic E-state index is 14.0. The lowest BCUT2D eigenvalue weighted by Crippen LogP contribution is -2.54. The molecule has 0 bridgehead atoms. The molecule has 0 saturated carbocycles. The van der Waals surface area contributed by atoms with Gasteiger partial charge in [0.25, 0.3) is 10.0 Å². The molecule has 1 N–H and O–H groups in total. The minimum Gasteiger partial charge on any atom is -0.350 e. The summed E-state index contributed by atoms with van der Waals surface area (Å²) in [5, 5.41) is 3.05. The fourth-order valence-electron chi connectivity index (χ4n) is 3.95. The molecule has 3 aromatic carbocycles. The van der Waals surface area contributed by atoms with Crippen LogP contribution in [0.3, 0.4) is 0 Å². The highest BCUT2D eigenvalue weighted by atomic mass is 35.5. The van der Waals surface area contributed by atoms with Crippen molar-refractivity contribution in [3.05, 3.63) is 94.0 Å². The van der Waals surface area contributed by atoms with E-state index in [1.54, 1.807) is 31.2 Å². The molecule has 0 heterocycles. The second kappa shape index (κ2) is 12.4. The van der Waals surface area contributed by atoms with Gasteiger partial charge >= 0.3 is 0 Å². The summed E-state index contributed by atoms with van der Waals surface area (Å²) >= 11 is 12.7. The third-order valence-corrected chi connectivity index (χ3v) is 8.66. The lowest BCUT2D eigenvalue weighted by atomic mass is 10.1. The van der Waals surface area contributed by atoms with Gasteiger partial charge in [-0.2, -0.15) is 0 Å². The zero-order valence-electron chi connectivity index (χ0n) is 22.6. The summed E-state index contributed by atoms with van der Waals surface area (Å²) in [7, 11) is -4.24. The average molecular weight is 591 g/mol. The number of carbonyl (C=O) groups excluding carboxylic acids is 2. The molecule has 3 rings (SSSR count). The van der Waals surface area contributed by atoms with Crippen molar-refractivity contribution < 1.29 is 18.0 Å². The number of sulfonamides is 1. The Morgan fingerprint density at radius 1 is 0.923 bits per heavy atom. The van der Waals surface area contributed by atoms with Crippen molar-refractivity contribution in [2.75, 3.05) is 10.8 Å². The van der Waals surface area contributed by atoms with Gasteiger partial charge in [-0.15, -0.1) is 0 Å². The van der Waals surface area contributed by atoms with Crippen molar-refractivity contribution in [3.8, 4) is 0 Å². The van der Waals surface area contributed by atoms with Crippen molar-refractivity contribution in [2.24, 2.45) is 0 Å². The molecule has 39 heavy (non-hydrogen) atoms. The first-order valence-corrected chi connectivity index (χ1v) is 14.6. The van der Waals surface area contributed by atoms with Crippen LogP contribution in [0.15, 0.2) is 77.7 Å². The summed E-state index contributed by atoms with van der Waals surface area (Å²) in [6.07, 6.45) is 0. The summed E-state index contributed by atoms with van der Waals surface area (Å²) in [5.74, 6) is -0.937. The first-order valence-electron chi connectivity index (χ1n) is 12.4. The van der Waals surface area contributed by atoms with Crippen molar-refractivity contribution in [1.29, 1.82) is 0 Å². The van der Waals surface area contributed by atoms with E-state index in [1.165, 1.54) is 29.2 Å². The predicted molar refractivity (Wildman–Crippen MR) is 157 cm³/mol. The van der Waals surface area contributed by atoms with E-state index in [9.17, 15) is 18.0 Å². The Hall–Kier alpha value is -3.07. The number of amides is 2. The van der Waals surface area contributed by atoms with Crippen molar-refractivity contribution in [1.82, 2.24) is 10.2 Å². The van der Waals surface area contributed by atoms with Gasteiger partial charge in [0, 0.05) is 12.1 Å². The van der Waals surface area contributed by atoms with Crippen LogP contribution in [0.4, 0.5) is 5.69 Å². The zero-order valence-corrected chi connectivity index (χ0v) is 24.9. The monoisotopic (exact) mass is 589 g/mol. The molecule has 1 atom stereocenters. The van der Waals surface area contributed by atoms with Gasteiger partial charge in [0.05, 0.1) is 20.6 Å². The van der Waals surface area contributed by atoms with Crippen LogP contribution < -0.4 is 9.62 Å². The van der Waals surface area contributed by atoms with Crippen molar-refractivity contribution in [3.63, 3.8) is 0 Å². The molecule has 10 heteroatoms. The molecular formula is C29H33Cl2N3O4S. The average Bonchev–Trinajstić information content (AvgIpc) is 2.87. The van der Waals surface area contributed by atoms with Gasteiger partial charge in [0.1, 0.15) is 12.6 Å². The van der Waals surface area contributed by atoms with E-state index in [1.807, 2.05) is 52.0 Å². The first-order chi connectivity index (χ1) is 18.2. The molecule has 0 unspecified atom stereocenters. The van der Waals surface area contributed by atoms with E-state index < -0.39 is 34.1 Å². The number of rotatable bonds is 9. The SMILES string of the molecule is Cc1ccccc1CN(C(=O)CN(c1cccc(Cl)c1Cl)S(=O)(=O)c1ccccc1)[C@@H](C)C(=O)NC(C)(C)C. The normalized spacial score (nSPS) is 12.5. The highest BCUT2D eigenvalue weighted by Gasteiger charge is 2.34. The summed E-state index contributed by atoms with van der Waals surface area (Å²) in [5.41, 5.74) is 1.30. The summed E-state index contributed by atoms with van der Waals surface area (Å²) in [4.78, 5) is 28.5. The number of halogens is 2. The Morgan fingerprint density at radius 2 is 1.54 bits per heavy atom. The molecule has 208 valence electrons. The maximum atomic E-state index is 14.0. The first kappa shape index (κ1) is 30.5. The number of nitrogens with zero attached hydrogens (tertiary/aromatic N) is 2. The molecule has 0 aliphatic heterocycles. The topological polar surface area (TPSA) is 86.8 Å². The molecule has 0 radical (unpaired) electrons. The molecular weight excluding hydrogens is 557 g/mol. The fourth-order valence-corrected chi connectivity index (χ4v) is 5.84. The van der Waals surface area contributed by atoms with E-state index in [2.05, 4.69) is 5.32 Å². The number of hydrogen-bond donors (Lipinski definition) is 1. The van der Waals surface area contributed by atoms with Gasteiger partial charge in [-0.3, -0.25) is 13.9 Å². The highest BCUT2D eigenvalue weighted by Crippen LogP contribution is 2.35. The Labute approximate surface area is 240 Å². The number of anilines is 1. The fraction of sp³-hybridized carbons (Fsp3) is 0.310. The Morgan fingerprint density at radius 3 is 2.15 bits per heavy atom. The van der Waals surface area contributed by atoms with E-state index in [4.69, 9.17) is 23.2 Å². The number of aryl methyl sites for hydroxylation is 1. The lowest BCUT2D eigenvalue weighted by Gasteiger charge is -2.34. The highest BCUT2D eigenvalue weighted by molar-refractivity contribution is 7.92. The molecule has 0 spiro atoms. The minimum atomic E-state index is -4.24. The van der Waals surface area contributed by atoms with E-state index >= 15 is 0 Å². The number of nitrogens with one attached hydrogen (secondary N) is 1. The predicted octanol–water partition coefficient (Wildman–Crippen LogP) is 5.83. The molecule has 7 nitrogen and oxygen atoms in total. The van der Waals surface area contributed by atoms with E-state index in [0.717, 1.165) is 15.4 Å². The third kappa shape index (κ3) is 7.53. The molecule has 0 fully saturated rings. The third-order valence-electron chi connectivity index (χ3n) is 6.08. The van der Waals surface area contributed by atoms with Crippen LogP contribution in [0.1, 0.15) is 38.8 Å². The van der Waals surface area contributed by atoms with Crippen molar-refractivity contribution in [2.45, 2.75) is 57.6 Å². The van der Waals surface area contributed by atoms with Crippen LogP contribution in [0.5, 0.6) is 0 Å². The molecule has 0 aliphatic rings. The lowest BCUT2D eigenvalue weighted by molar-refractivity contribution is -0.140. The molecule has 0 aromatic heterocycles. The number of carbonyl (C=O) groups is 2. The second-order valence-corrected chi connectivity index (χ2v) is 12.9. The van der Waals surface area contributed by atoms with E-state index in [-0.39, 0.29) is 33.1 Å². The van der Waals surface area contributed by atoms with Crippen molar-refractivity contribution >= 4 is 50.7 Å². The Balaban J connectivity index is 2.08. The zero-order chi connectivity index (χ0) is 29.0. The smallest absolute Gasteiger partial charge is 0.264 e. The standard InChI is InChI=1S/C29H33Cl2N3O4S/c1-20-12-9-10-13-22(20)18-33(21(2)28(36)32-29(3,4)5)26(35)19-34(25-17-11-16-24(30)27(25)31)39(37,38)23-14-7-6-8-15-23/h6-17,21H,18-19H2,1-5H3,(H,32,36)/t21-/m0/s1. The van der Waals surface area contributed by atoms with Crippen LogP contribution in [-0.2, 0) is 26.2 Å². The van der Waals surface area contributed by atoms with Crippen LogP contribution >= 0.6 is 23.2 Å². The Kier molecular flexibility index (Phi) is 9.69. The maximum Gasteiger partial charge on any atom is 0.264 e. The summed E-state index contributed by atoms with van der Waals surface area (Å²) in [6.45, 7) is 8.58. The van der Waals surface area contributed by atoms with Crippen LogP contribution in [0.2, 0.25) is 10.0 Å². The van der Waals surface area contributed by atoms with Gasteiger partial charge in [-0.1, -0.05) is 71.7 Å². The van der Waals surface area contributed by atoms with Gasteiger partial charge in [-0.25, -0.2) is 8.42 Å². The quantitative estimate of drug-likeness (QED) is 0.340. The molecule has 0 aliphatic carbocycles. The minimum absolute atomic E-state index is 0.00421. The molecule has 2 amide bonds. The van der Waals surface area contributed by atoms with Gasteiger partial charge < -0.3 is 10.2 Å². The van der Waals surface area contributed by atoms with Crippen LogP contribution in [0.25, 0.3) is 0 Å². The summed E-state index contributed by atoms with van der Waals surface area (Å²) < 4.78 is 28.6. The second-order valence-electron chi connectivity index (χ2n) is 10.3. The van der Waals surface area contributed by atoms with Gasteiger partial charge in [0.2, 0.25) is 11.8 Å². The van der Waals surface area contributed by atoms with E-state index in [0.29, 0.717) is 0 Å². The van der Waals surface area contributed by atoms with Gasteiger partial charge in [-0.05, 0) is 70.0 Å². The number of benzene rings is 3. The number of hydrogen-bond acceptors (Lipinski definition) is 4. The molecule has 0 saturated heterocycles. The molecule has 3 aromatic rings. The Bertz CT molecular complexity index is 1440. The largest absolute Gasteiger partial charge is 0.350 e.